The van der Waals surface area contributed by atoms with Gasteiger partial charge in [0.25, 0.3) is 0 Å². The molecule has 0 fully saturated rings. The summed E-state index contributed by atoms with van der Waals surface area (Å²) < 4.78 is 16.9. The zero-order valence-electron chi connectivity index (χ0n) is 49.2. The molecule has 0 bridgehead atoms. The molecule has 73 heavy (non-hydrogen) atoms. The minimum absolute atomic E-state index is 0.0769. The molecule has 428 valence electrons. The fraction of sp³-hybridized carbons (Fsp3) is 0.866. The summed E-state index contributed by atoms with van der Waals surface area (Å²) in [6, 6.07) is 0. The minimum Gasteiger partial charge on any atom is -0.462 e. The molecule has 0 aromatic heterocycles. The lowest BCUT2D eigenvalue weighted by Gasteiger charge is -2.18. The third kappa shape index (κ3) is 60.4. The standard InChI is InChI=1S/C67H124O6/c1-4-7-10-13-16-19-22-25-26-27-28-29-30-31-32-33-34-35-36-37-38-39-40-43-45-48-51-54-57-60-66(69)72-63-64(73-67(70)61-58-55-52-49-46-42-24-21-18-15-12-9-6-3)62-71-65(68)59-56-53-50-47-44-41-23-20-17-14-11-8-5-2/h12,15,20-21,23-24,64H,4-11,13-14,16-19,22,25-63H2,1-3H3/b15-12-,23-20-,24-21-. The van der Waals surface area contributed by atoms with E-state index in [4.69, 9.17) is 14.2 Å². The lowest BCUT2D eigenvalue weighted by atomic mass is 10.0. The molecule has 0 aliphatic heterocycles. The Balaban J connectivity index is 4.12. The van der Waals surface area contributed by atoms with E-state index in [0.717, 1.165) is 96.3 Å². The lowest BCUT2D eigenvalue weighted by Crippen LogP contribution is -2.30. The summed E-state index contributed by atoms with van der Waals surface area (Å²) in [6.45, 7) is 6.59. The van der Waals surface area contributed by atoms with Gasteiger partial charge in [-0.25, -0.2) is 0 Å². The van der Waals surface area contributed by atoms with Gasteiger partial charge >= 0.3 is 17.9 Å². The highest BCUT2D eigenvalue weighted by Gasteiger charge is 2.19. The zero-order valence-corrected chi connectivity index (χ0v) is 49.2. The number of carbonyl (C=O) groups excluding carboxylic acids is 3. The molecule has 6 heteroatoms. The molecular weight excluding hydrogens is 901 g/mol. The van der Waals surface area contributed by atoms with Gasteiger partial charge in [-0.05, 0) is 70.6 Å². The maximum Gasteiger partial charge on any atom is 0.306 e. The highest BCUT2D eigenvalue weighted by Crippen LogP contribution is 2.18. The van der Waals surface area contributed by atoms with E-state index in [9.17, 15) is 14.4 Å². The molecule has 1 unspecified atom stereocenters. The van der Waals surface area contributed by atoms with Gasteiger partial charge in [-0.2, -0.15) is 0 Å². The van der Waals surface area contributed by atoms with Crippen LogP contribution in [-0.4, -0.2) is 37.2 Å². The molecule has 6 nitrogen and oxygen atoms in total. The first kappa shape index (κ1) is 70.6. The van der Waals surface area contributed by atoms with Crippen LogP contribution in [0.4, 0.5) is 0 Å². The first-order chi connectivity index (χ1) is 36.0. The number of hydrogen-bond acceptors (Lipinski definition) is 6. The van der Waals surface area contributed by atoms with E-state index in [1.165, 1.54) is 218 Å². The van der Waals surface area contributed by atoms with Crippen LogP contribution in [0.25, 0.3) is 0 Å². The predicted molar refractivity (Wildman–Crippen MR) is 316 cm³/mol. The molecule has 0 aliphatic rings. The molecule has 0 amide bonds. The van der Waals surface area contributed by atoms with Crippen LogP contribution in [0, 0.1) is 0 Å². The summed E-state index contributed by atoms with van der Waals surface area (Å²) in [5.74, 6) is -0.881. The van der Waals surface area contributed by atoms with Crippen molar-refractivity contribution < 1.29 is 28.6 Å². The maximum atomic E-state index is 12.8. The highest BCUT2D eigenvalue weighted by atomic mass is 16.6. The Hall–Kier alpha value is -2.37. The minimum atomic E-state index is -0.780. The van der Waals surface area contributed by atoms with E-state index < -0.39 is 6.10 Å². The number of esters is 3. The average molecular weight is 1030 g/mol. The van der Waals surface area contributed by atoms with Crippen molar-refractivity contribution in [1.29, 1.82) is 0 Å². The molecule has 0 rings (SSSR count). The first-order valence-corrected chi connectivity index (χ1v) is 32.5. The summed E-state index contributed by atoms with van der Waals surface area (Å²) in [7, 11) is 0. The number of rotatable bonds is 60. The number of ether oxygens (including phenoxy) is 3. The quantitative estimate of drug-likeness (QED) is 0.0261. The number of carbonyl (C=O) groups is 3. The zero-order chi connectivity index (χ0) is 52.9. The lowest BCUT2D eigenvalue weighted by molar-refractivity contribution is -0.167. The van der Waals surface area contributed by atoms with Gasteiger partial charge in [0, 0.05) is 19.3 Å². The Bertz CT molecular complexity index is 1220. The number of unbranched alkanes of at least 4 members (excludes halogenated alkanes) is 43. The van der Waals surface area contributed by atoms with E-state index >= 15 is 0 Å². The van der Waals surface area contributed by atoms with E-state index in [1.54, 1.807) is 0 Å². The fourth-order valence-corrected chi connectivity index (χ4v) is 9.71. The molecule has 0 aliphatic carbocycles. The summed E-state index contributed by atoms with van der Waals surface area (Å²) in [5.41, 5.74) is 0. The molecule has 0 saturated heterocycles. The van der Waals surface area contributed by atoms with Crippen LogP contribution < -0.4 is 0 Å². The second kappa shape index (κ2) is 62.2. The molecule has 0 aromatic carbocycles. The van der Waals surface area contributed by atoms with Crippen molar-refractivity contribution in [2.75, 3.05) is 13.2 Å². The molecular formula is C67H124O6. The maximum absolute atomic E-state index is 12.8. The van der Waals surface area contributed by atoms with Crippen LogP contribution in [0.3, 0.4) is 0 Å². The summed E-state index contributed by atoms with van der Waals surface area (Å²) in [4.78, 5) is 38.2. The Morgan fingerprint density at radius 2 is 0.521 bits per heavy atom. The van der Waals surface area contributed by atoms with E-state index in [0.29, 0.717) is 19.3 Å². The van der Waals surface area contributed by atoms with Gasteiger partial charge in [0.1, 0.15) is 13.2 Å². The summed E-state index contributed by atoms with van der Waals surface area (Å²) in [6.07, 6.45) is 76.1. The van der Waals surface area contributed by atoms with Gasteiger partial charge in [0.05, 0.1) is 0 Å². The average Bonchev–Trinajstić information content (AvgIpc) is 3.39. The Labute approximate surface area is 455 Å². The molecule has 0 saturated carbocycles. The van der Waals surface area contributed by atoms with E-state index in [-0.39, 0.29) is 31.1 Å². The van der Waals surface area contributed by atoms with Crippen LogP contribution >= 0.6 is 0 Å². The Morgan fingerprint density at radius 1 is 0.274 bits per heavy atom. The first-order valence-electron chi connectivity index (χ1n) is 32.5. The van der Waals surface area contributed by atoms with Gasteiger partial charge in [-0.1, -0.05) is 301 Å². The van der Waals surface area contributed by atoms with Crippen molar-refractivity contribution in [3.63, 3.8) is 0 Å². The van der Waals surface area contributed by atoms with E-state index in [2.05, 4.69) is 57.2 Å². The second-order valence-corrected chi connectivity index (χ2v) is 22.0. The topological polar surface area (TPSA) is 78.9 Å². The highest BCUT2D eigenvalue weighted by molar-refractivity contribution is 5.71. The van der Waals surface area contributed by atoms with Gasteiger partial charge < -0.3 is 14.2 Å². The van der Waals surface area contributed by atoms with Crippen LogP contribution in [-0.2, 0) is 28.6 Å². The number of allylic oxidation sites excluding steroid dienone is 6. The molecule has 0 heterocycles. The number of hydrogen-bond donors (Lipinski definition) is 0. The third-order valence-electron chi connectivity index (χ3n) is 14.6. The van der Waals surface area contributed by atoms with Crippen molar-refractivity contribution in [1.82, 2.24) is 0 Å². The van der Waals surface area contributed by atoms with Gasteiger partial charge in [0.2, 0.25) is 0 Å². The largest absolute Gasteiger partial charge is 0.462 e. The van der Waals surface area contributed by atoms with Crippen LogP contribution in [0.15, 0.2) is 36.5 Å². The van der Waals surface area contributed by atoms with Crippen molar-refractivity contribution in [2.45, 2.75) is 361 Å². The molecule has 0 radical (unpaired) electrons. The molecule has 0 N–H and O–H groups in total. The van der Waals surface area contributed by atoms with Gasteiger partial charge in [-0.3, -0.25) is 14.4 Å². The van der Waals surface area contributed by atoms with Crippen LogP contribution in [0.2, 0.25) is 0 Å². The molecule has 1 atom stereocenters. The molecule has 0 aromatic rings. The van der Waals surface area contributed by atoms with Gasteiger partial charge in [0.15, 0.2) is 6.10 Å². The molecule has 0 spiro atoms. The monoisotopic (exact) mass is 1020 g/mol. The fourth-order valence-electron chi connectivity index (χ4n) is 9.71. The van der Waals surface area contributed by atoms with Crippen LogP contribution in [0.1, 0.15) is 355 Å². The van der Waals surface area contributed by atoms with Crippen molar-refractivity contribution in [2.24, 2.45) is 0 Å². The normalized spacial score (nSPS) is 12.2. The SMILES string of the molecule is CCC/C=C\C/C=C\CCCCCCCC(=O)OC(COC(=O)CCCCCCC/C=C\CCCCCC)COC(=O)CCCCCCCCCCCCCCCCCCCCCCCCCCCCCCC. The van der Waals surface area contributed by atoms with Crippen LogP contribution in [0.5, 0.6) is 0 Å². The predicted octanol–water partition coefficient (Wildman–Crippen LogP) is 22.0. The Kier molecular flexibility index (Phi) is 60.2. The second-order valence-electron chi connectivity index (χ2n) is 22.0. The third-order valence-corrected chi connectivity index (χ3v) is 14.6. The smallest absolute Gasteiger partial charge is 0.306 e. The van der Waals surface area contributed by atoms with E-state index in [1.807, 2.05) is 0 Å². The van der Waals surface area contributed by atoms with Crippen molar-refractivity contribution in [3.05, 3.63) is 36.5 Å². The Morgan fingerprint density at radius 3 is 0.836 bits per heavy atom. The summed E-state index contributed by atoms with van der Waals surface area (Å²) >= 11 is 0. The van der Waals surface area contributed by atoms with Crippen molar-refractivity contribution in [3.8, 4) is 0 Å². The van der Waals surface area contributed by atoms with Gasteiger partial charge in [-0.15, -0.1) is 0 Å². The summed E-state index contributed by atoms with van der Waals surface area (Å²) in [5, 5.41) is 0. The van der Waals surface area contributed by atoms with Crippen molar-refractivity contribution >= 4 is 17.9 Å².